The van der Waals surface area contributed by atoms with Crippen molar-refractivity contribution >= 4 is 21.8 Å². The fraction of sp³-hybridized carbons (Fsp3) is 0.625. The van der Waals surface area contributed by atoms with Gasteiger partial charge >= 0.3 is 0 Å². The number of halogens is 1. The van der Waals surface area contributed by atoms with Gasteiger partial charge in [-0.25, -0.2) is 0 Å². The smallest absolute Gasteiger partial charge is 0.253 e. The van der Waals surface area contributed by atoms with Crippen molar-refractivity contribution < 1.29 is 4.79 Å². The van der Waals surface area contributed by atoms with Crippen molar-refractivity contribution in [3.05, 3.63) is 28.5 Å². The first-order valence-electron chi connectivity index (χ1n) is 7.26. The summed E-state index contributed by atoms with van der Waals surface area (Å²) in [5.74, 6) is 0.729. The van der Waals surface area contributed by atoms with Crippen molar-refractivity contribution in [3.8, 4) is 0 Å². The Morgan fingerprint density at radius 2 is 2.15 bits per heavy atom. The highest BCUT2D eigenvalue weighted by Gasteiger charge is 2.61. The number of rotatable bonds is 2. The minimum absolute atomic E-state index is 0.00613. The number of carbonyl (C=O) groups is 1. The van der Waals surface area contributed by atoms with Gasteiger partial charge in [0.1, 0.15) is 0 Å². The number of pyridine rings is 1. The normalized spacial score (nSPS) is 34.2. The summed E-state index contributed by atoms with van der Waals surface area (Å²) in [6.45, 7) is 7.05. The molecule has 2 aliphatic carbocycles. The van der Waals surface area contributed by atoms with Gasteiger partial charge in [0.05, 0.1) is 5.56 Å². The third kappa shape index (κ3) is 1.92. The van der Waals surface area contributed by atoms with Crippen molar-refractivity contribution in [3.63, 3.8) is 0 Å². The fourth-order valence-electron chi connectivity index (χ4n) is 4.20. The summed E-state index contributed by atoms with van der Waals surface area (Å²) in [5, 5.41) is 3.25. The van der Waals surface area contributed by atoms with E-state index < -0.39 is 0 Å². The number of fused-ring (bicyclic) bond motifs is 2. The first-order chi connectivity index (χ1) is 9.34. The number of amides is 1. The van der Waals surface area contributed by atoms with Crippen LogP contribution in [0.3, 0.4) is 0 Å². The summed E-state index contributed by atoms with van der Waals surface area (Å²) in [6, 6.07) is 2.10. The number of hydrogen-bond donors (Lipinski definition) is 1. The lowest BCUT2D eigenvalue weighted by molar-refractivity contribution is 0.0825. The number of aromatic nitrogens is 1. The van der Waals surface area contributed by atoms with Crippen LogP contribution in [-0.2, 0) is 0 Å². The van der Waals surface area contributed by atoms with Gasteiger partial charge in [-0.3, -0.25) is 9.78 Å². The van der Waals surface area contributed by atoms with Gasteiger partial charge in [-0.1, -0.05) is 20.8 Å². The van der Waals surface area contributed by atoms with Crippen LogP contribution in [0, 0.1) is 16.7 Å². The van der Waals surface area contributed by atoms with E-state index in [4.69, 9.17) is 0 Å². The molecule has 0 spiro atoms. The van der Waals surface area contributed by atoms with Crippen molar-refractivity contribution in [2.75, 3.05) is 0 Å². The Balaban J connectivity index is 1.78. The van der Waals surface area contributed by atoms with E-state index in [0.29, 0.717) is 11.0 Å². The van der Waals surface area contributed by atoms with Crippen molar-refractivity contribution in [2.24, 2.45) is 16.7 Å². The zero-order valence-corrected chi connectivity index (χ0v) is 13.8. The summed E-state index contributed by atoms with van der Waals surface area (Å²) < 4.78 is 0.838. The molecule has 20 heavy (non-hydrogen) atoms. The average Bonchev–Trinajstić information content (AvgIpc) is 2.72. The molecule has 0 saturated heterocycles. The molecule has 0 aliphatic heterocycles. The number of carbonyl (C=O) groups excluding carboxylic acids is 1. The highest BCUT2D eigenvalue weighted by Crippen LogP contribution is 2.65. The Hall–Kier alpha value is -0.900. The third-order valence-electron chi connectivity index (χ3n) is 6.07. The van der Waals surface area contributed by atoms with Crippen LogP contribution >= 0.6 is 15.9 Å². The molecule has 3 nitrogen and oxygen atoms in total. The number of nitrogens with one attached hydrogen (secondary N) is 1. The second kappa shape index (κ2) is 4.55. The molecule has 3 rings (SSSR count). The van der Waals surface area contributed by atoms with Gasteiger partial charge < -0.3 is 5.32 Å². The SMILES string of the molecule is CC1(C)[C@H]2CC[C@@]1(C)[C@@H](NC(=O)c1cncc(Br)c1)C2. The molecule has 0 unspecified atom stereocenters. The maximum atomic E-state index is 12.4. The number of nitrogens with zero attached hydrogens (tertiary/aromatic N) is 1. The quantitative estimate of drug-likeness (QED) is 0.892. The van der Waals surface area contributed by atoms with Gasteiger partial charge in [-0.05, 0) is 58.0 Å². The maximum Gasteiger partial charge on any atom is 0.253 e. The van der Waals surface area contributed by atoms with Gasteiger partial charge in [-0.2, -0.15) is 0 Å². The van der Waals surface area contributed by atoms with E-state index in [-0.39, 0.29) is 17.4 Å². The predicted octanol–water partition coefficient (Wildman–Crippen LogP) is 3.79. The summed E-state index contributed by atoms with van der Waals surface area (Å²) >= 11 is 3.36. The lowest BCUT2D eigenvalue weighted by Crippen LogP contribution is -2.46. The van der Waals surface area contributed by atoms with Gasteiger partial charge in [0, 0.05) is 22.9 Å². The van der Waals surface area contributed by atoms with Gasteiger partial charge in [0.25, 0.3) is 5.91 Å². The Kier molecular flexibility index (Phi) is 3.20. The van der Waals surface area contributed by atoms with Crippen LogP contribution in [0.15, 0.2) is 22.9 Å². The molecule has 1 amide bonds. The first-order valence-corrected chi connectivity index (χ1v) is 8.05. The van der Waals surface area contributed by atoms with E-state index in [1.807, 2.05) is 6.07 Å². The molecule has 2 fully saturated rings. The second-order valence-electron chi connectivity index (χ2n) is 7.03. The van der Waals surface area contributed by atoms with E-state index in [2.05, 4.69) is 47.0 Å². The van der Waals surface area contributed by atoms with Crippen LogP contribution in [0.2, 0.25) is 0 Å². The minimum Gasteiger partial charge on any atom is -0.349 e. The first kappa shape index (κ1) is 14.1. The molecule has 1 aromatic heterocycles. The largest absolute Gasteiger partial charge is 0.349 e. The standard InChI is InChI=1S/C16H21BrN2O/c1-15(2)11-4-5-16(15,3)13(7-11)19-14(20)10-6-12(17)9-18-8-10/h6,8-9,11,13H,4-5,7H2,1-3H3,(H,19,20)/t11-,13-,16-/m0/s1. The lowest BCUT2D eigenvalue weighted by Gasteiger charge is -2.39. The van der Waals surface area contributed by atoms with Gasteiger partial charge in [-0.15, -0.1) is 0 Å². The molecule has 2 bridgehead atoms. The van der Waals surface area contributed by atoms with E-state index in [9.17, 15) is 4.79 Å². The van der Waals surface area contributed by atoms with E-state index in [1.54, 1.807) is 12.4 Å². The molecule has 4 heteroatoms. The molecular weight excluding hydrogens is 316 g/mol. The Morgan fingerprint density at radius 1 is 1.40 bits per heavy atom. The highest BCUT2D eigenvalue weighted by molar-refractivity contribution is 9.10. The van der Waals surface area contributed by atoms with E-state index in [0.717, 1.165) is 16.8 Å². The molecule has 2 saturated carbocycles. The van der Waals surface area contributed by atoms with Crippen molar-refractivity contribution in [2.45, 2.75) is 46.1 Å². The van der Waals surface area contributed by atoms with Crippen LogP contribution < -0.4 is 5.32 Å². The fourth-order valence-corrected chi connectivity index (χ4v) is 4.56. The van der Waals surface area contributed by atoms with Crippen LogP contribution in [-0.4, -0.2) is 16.9 Å². The number of hydrogen-bond acceptors (Lipinski definition) is 2. The van der Waals surface area contributed by atoms with Crippen LogP contribution in [0.1, 0.15) is 50.4 Å². The monoisotopic (exact) mass is 336 g/mol. The predicted molar refractivity (Wildman–Crippen MR) is 82.4 cm³/mol. The van der Waals surface area contributed by atoms with Gasteiger partial charge in [0.15, 0.2) is 0 Å². The molecule has 0 radical (unpaired) electrons. The second-order valence-corrected chi connectivity index (χ2v) is 7.94. The molecule has 108 valence electrons. The topological polar surface area (TPSA) is 42.0 Å². The average molecular weight is 337 g/mol. The molecule has 1 N–H and O–H groups in total. The molecule has 3 atom stereocenters. The highest BCUT2D eigenvalue weighted by atomic mass is 79.9. The molecule has 1 aromatic rings. The van der Waals surface area contributed by atoms with Crippen LogP contribution in [0.4, 0.5) is 0 Å². The summed E-state index contributed by atoms with van der Waals surface area (Å²) in [6.07, 6.45) is 6.94. The third-order valence-corrected chi connectivity index (χ3v) is 6.50. The summed E-state index contributed by atoms with van der Waals surface area (Å²) in [5.41, 5.74) is 1.16. The maximum absolute atomic E-state index is 12.4. The Morgan fingerprint density at radius 3 is 2.70 bits per heavy atom. The Labute approximate surface area is 128 Å². The zero-order valence-electron chi connectivity index (χ0n) is 12.2. The zero-order chi connectivity index (χ0) is 14.5. The van der Waals surface area contributed by atoms with Crippen LogP contribution in [0.5, 0.6) is 0 Å². The van der Waals surface area contributed by atoms with Crippen molar-refractivity contribution in [1.29, 1.82) is 0 Å². The van der Waals surface area contributed by atoms with Crippen molar-refractivity contribution in [1.82, 2.24) is 10.3 Å². The molecule has 2 aliphatic rings. The van der Waals surface area contributed by atoms with Crippen LogP contribution in [0.25, 0.3) is 0 Å². The Bertz CT molecular complexity index is 557. The van der Waals surface area contributed by atoms with Gasteiger partial charge in [0.2, 0.25) is 0 Å². The molecule has 1 heterocycles. The molecule has 0 aromatic carbocycles. The van der Waals surface area contributed by atoms with E-state index in [1.165, 1.54) is 12.8 Å². The molecular formula is C16H21BrN2O. The summed E-state index contributed by atoms with van der Waals surface area (Å²) in [7, 11) is 0. The summed E-state index contributed by atoms with van der Waals surface area (Å²) in [4.78, 5) is 16.5. The van der Waals surface area contributed by atoms with E-state index >= 15 is 0 Å². The lowest BCUT2D eigenvalue weighted by atomic mass is 9.69. The minimum atomic E-state index is -0.00613.